The molecule has 3 saturated heterocycles. The third-order valence-corrected chi connectivity index (χ3v) is 6.31. The Labute approximate surface area is 189 Å². The molecule has 9 N–H and O–H groups in total. The lowest BCUT2D eigenvalue weighted by Gasteiger charge is -2.48. The second-order valence-corrected chi connectivity index (χ2v) is 8.63. The summed E-state index contributed by atoms with van der Waals surface area (Å²) < 4.78 is 27.8. The monoisotopic (exact) mass is 486 g/mol. The van der Waals surface area contributed by atoms with Crippen LogP contribution in [0, 0.1) is 0 Å². The Morgan fingerprint density at radius 3 is 1.58 bits per heavy atom. The molecule has 0 aliphatic carbocycles. The maximum absolute atomic E-state index is 10.7. The lowest BCUT2D eigenvalue weighted by atomic mass is 9.94. The van der Waals surface area contributed by atoms with Crippen molar-refractivity contribution in [3.05, 3.63) is 0 Å². The van der Waals surface area contributed by atoms with E-state index in [0.717, 1.165) is 0 Å². The SMILES string of the molecule is CC1OC(CO)[C@H](O)[C@H](O[C@H]2OC(CO)[C@H](O)[C@H](O)C2O)C1O[C@@H]1OC(C)[C@@H](O)[C@H](O)C1O. The number of ether oxygens (including phenoxy) is 5. The van der Waals surface area contributed by atoms with Crippen LogP contribution < -0.4 is 0 Å². The van der Waals surface area contributed by atoms with Crippen molar-refractivity contribution >= 4 is 0 Å². The molecule has 15 atom stereocenters. The molecule has 194 valence electrons. The Hall–Kier alpha value is -0.560. The van der Waals surface area contributed by atoms with Gasteiger partial charge < -0.3 is 69.6 Å². The molecule has 0 aromatic carbocycles. The lowest BCUT2D eigenvalue weighted by Crippen LogP contribution is -2.66. The first kappa shape index (κ1) is 27.0. The molecule has 0 bridgehead atoms. The average Bonchev–Trinajstić information content (AvgIpc) is 2.79. The highest BCUT2D eigenvalue weighted by molar-refractivity contribution is 4.97. The van der Waals surface area contributed by atoms with E-state index in [1.165, 1.54) is 13.8 Å². The average molecular weight is 486 g/mol. The van der Waals surface area contributed by atoms with Gasteiger partial charge in [0.25, 0.3) is 0 Å². The Morgan fingerprint density at radius 1 is 0.515 bits per heavy atom. The molecule has 0 spiro atoms. The lowest BCUT2D eigenvalue weighted by molar-refractivity contribution is -0.368. The zero-order chi connectivity index (χ0) is 24.6. The number of hydrogen-bond acceptors (Lipinski definition) is 14. The number of rotatable bonds is 6. The molecular weight excluding hydrogens is 452 g/mol. The normalized spacial score (nSPS) is 53.7. The van der Waals surface area contributed by atoms with Crippen LogP contribution >= 0.6 is 0 Å². The Morgan fingerprint density at radius 2 is 1.00 bits per heavy atom. The zero-order valence-electron chi connectivity index (χ0n) is 18.1. The van der Waals surface area contributed by atoms with E-state index >= 15 is 0 Å². The highest BCUT2D eigenvalue weighted by Crippen LogP contribution is 2.33. The molecule has 14 nitrogen and oxygen atoms in total. The molecule has 3 fully saturated rings. The summed E-state index contributed by atoms with van der Waals surface area (Å²) in [4.78, 5) is 0. The fourth-order valence-corrected chi connectivity index (χ4v) is 4.22. The van der Waals surface area contributed by atoms with E-state index in [1.54, 1.807) is 0 Å². The van der Waals surface area contributed by atoms with Gasteiger partial charge in [0.15, 0.2) is 12.6 Å². The fourth-order valence-electron chi connectivity index (χ4n) is 4.22. The van der Waals surface area contributed by atoms with E-state index in [0.29, 0.717) is 0 Å². The minimum Gasteiger partial charge on any atom is -0.394 e. The Balaban J connectivity index is 1.82. The molecular formula is C19H34O14. The topological polar surface area (TPSA) is 228 Å². The molecule has 0 amide bonds. The summed E-state index contributed by atoms with van der Waals surface area (Å²) in [7, 11) is 0. The predicted molar refractivity (Wildman–Crippen MR) is 103 cm³/mol. The van der Waals surface area contributed by atoms with E-state index in [2.05, 4.69) is 0 Å². The van der Waals surface area contributed by atoms with Gasteiger partial charge in [-0.3, -0.25) is 0 Å². The number of aliphatic hydroxyl groups is 9. The Kier molecular flexibility index (Phi) is 9.02. The van der Waals surface area contributed by atoms with E-state index in [1.807, 2.05) is 0 Å². The summed E-state index contributed by atoms with van der Waals surface area (Å²) in [5, 5.41) is 90.2. The van der Waals surface area contributed by atoms with Crippen molar-refractivity contribution in [2.45, 2.75) is 106 Å². The molecule has 33 heavy (non-hydrogen) atoms. The van der Waals surface area contributed by atoms with Gasteiger partial charge in [-0.25, -0.2) is 0 Å². The van der Waals surface area contributed by atoms with Crippen LogP contribution in [0.15, 0.2) is 0 Å². The highest BCUT2D eigenvalue weighted by Gasteiger charge is 2.52. The Bertz CT molecular complexity index is 623. The minimum atomic E-state index is -1.77. The van der Waals surface area contributed by atoms with Crippen LogP contribution in [-0.4, -0.2) is 151 Å². The quantitative estimate of drug-likeness (QED) is 0.171. The smallest absolute Gasteiger partial charge is 0.187 e. The minimum absolute atomic E-state index is 0.600. The van der Waals surface area contributed by atoms with Crippen LogP contribution in [-0.2, 0) is 23.7 Å². The third kappa shape index (κ3) is 5.34. The molecule has 0 aromatic heterocycles. The van der Waals surface area contributed by atoms with Gasteiger partial charge in [-0.2, -0.15) is 0 Å². The van der Waals surface area contributed by atoms with Crippen molar-refractivity contribution in [2.24, 2.45) is 0 Å². The van der Waals surface area contributed by atoms with E-state index in [9.17, 15) is 46.0 Å². The summed E-state index contributed by atoms with van der Waals surface area (Å²) in [6.45, 7) is 1.68. The van der Waals surface area contributed by atoms with E-state index < -0.39 is 105 Å². The van der Waals surface area contributed by atoms with Crippen molar-refractivity contribution in [3.8, 4) is 0 Å². The highest BCUT2D eigenvalue weighted by atomic mass is 16.7. The molecule has 3 aliphatic rings. The van der Waals surface area contributed by atoms with Gasteiger partial charge in [0, 0.05) is 0 Å². The van der Waals surface area contributed by atoms with Gasteiger partial charge in [-0.15, -0.1) is 0 Å². The van der Waals surface area contributed by atoms with Gasteiger partial charge >= 0.3 is 0 Å². The van der Waals surface area contributed by atoms with Crippen LogP contribution in [0.5, 0.6) is 0 Å². The van der Waals surface area contributed by atoms with E-state index in [-0.39, 0.29) is 0 Å². The molecule has 7 unspecified atom stereocenters. The fraction of sp³-hybridized carbons (Fsp3) is 1.00. The zero-order valence-corrected chi connectivity index (χ0v) is 18.1. The van der Waals surface area contributed by atoms with Crippen LogP contribution in [0.1, 0.15) is 13.8 Å². The second-order valence-electron chi connectivity index (χ2n) is 8.63. The van der Waals surface area contributed by atoms with Gasteiger partial charge in [0.2, 0.25) is 0 Å². The maximum Gasteiger partial charge on any atom is 0.187 e. The van der Waals surface area contributed by atoms with Gasteiger partial charge in [-0.05, 0) is 13.8 Å². The van der Waals surface area contributed by atoms with Crippen LogP contribution in [0.4, 0.5) is 0 Å². The molecule has 3 heterocycles. The summed E-state index contributed by atoms with van der Waals surface area (Å²) in [6, 6.07) is 0. The van der Waals surface area contributed by atoms with Crippen molar-refractivity contribution < 1.29 is 69.6 Å². The summed E-state index contributed by atoms with van der Waals surface area (Å²) in [5.74, 6) is 0. The summed E-state index contributed by atoms with van der Waals surface area (Å²) in [6.07, 6.45) is -21.2. The van der Waals surface area contributed by atoms with Crippen molar-refractivity contribution in [1.82, 2.24) is 0 Å². The van der Waals surface area contributed by atoms with Gasteiger partial charge in [-0.1, -0.05) is 0 Å². The standard InChI is InChI=1S/C19H34O14/c1-5-9(22)12(25)14(27)18(30-5)32-16-6(2)29-8(4-21)11(24)17(16)33-19-15(28)13(26)10(23)7(3-20)31-19/h5-28H,3-4H2,1-2H3/t5?,6?,7?,8?,9-,10+,11+,12+,13+,14?,15?,16?,17+,18+,19-/m1/s1. The second kappa shape index (κ2) is 11.0. The maximum atomic E-state index is 10.7. The first-order chi connectivity index (χ1) is 15.5. The van der Waals surface area contributed by atoms with Crippen molar-refractivity contribution in [1.29, 1.82) is 0 Å². The first-order valence-corrected chi connectivity index (χ1v) is 10.8. The van der Waals surface area contributed by atoms with Crippen molar-refractivity contribution in [2.75, 3.05) is 13.2 Å². The molecule has 0 saturated carbocycles. The van der Waals surface area contributed by atoms with Crippen molar-refractivity contribution in [3.63, 3.8) is 0 Å². The summed E-state index contributed by atoms with van der Waals surface area (Å²) in [5.41, 5.74) is 0. The molecule has 3 rings (SSSR count). The van der Waals surface area contributed by atoms with Gasteiger partial charge in [0.1, 0.15) is 67.1 Å². The van der Waals surface area contributed by atoms with Crippen LogP contribution in [0.25, 0.3) is 0 Å². The molecule has 0 aromatic rings. The summed E-state index contributed by atoms with van der Waals surface area (Å²) >= 11 is 0. The first-order valence-electron chi connectivity index (χ1n) is 10.8. The molecule has 14 heteroatoms. The van der Waals surface area contributed by atoms with Gasteiger partial charge in [0.05, 0.1) is 25.4 Å². The number of hydrogen-bond donors (Lipinski definition) is 9. The third-order valence-electron chi connectivity index (χ3n) is 6.31. The van der Waals surface area contributed by atoms with Crippen LogP contribution in [0.3, 0.4) is 0 Å². The van der Waals surface area contributed by atoms with Crippen LogP contribution in [0.2, 0.25) is 0 Å². The molecule has 0 radical (unpaired) electrons. The largest absolute Gasteiger partial charge is 0.394 e. The van der Waals surface area contributed by atoms with E-state index in [4.69, 9.17) is 23.7 Å². The number of aliphatic hydroxyl groups excluding tert-OH is 9. The predicted octanol–water partition coefficient (Wildman–Crippen LogP) is -5.48. The molecule has 3 aliphatic heterocycles.